The molecule has 0 atom stereocenters. The molecule has 0 aromatic heterocycles. The lowest BCUT2D eigenvalue weighted by Gasteiger charge is -2.11. The van der Waals surface area contributed by atoms with E-state index in [1.54, 1.807) is 7.11 Å². The van der Waals surface area contributed by atoms with Gasteiger partial charge in [0.1, 0.15) is 11.6 Å². The molecule has 0 saturated carbocycles. The third kappa shape index (κ3) is 12.1. The number of benzene rings is 1. The Bertz CT molecular complexity index is 485. The monoisotopic (exact) mass is 471 g/mol. The molecule has 0 aliphatic heterocycles. The van der Waals surface area contributed by atoms with E-state index in [1.165, 1.54) is 12.1 Å². The highest BCUT2D eigenvalue weighted by molar-refractivity contribution is 14.0. The molecule has 0 unspecified atom stereocenters. The van der Waals surface area contributed by atoms with Crippen LogP contribution in [0.5, 0.6) is 0 Å². The number of rotatable bonds is 11. The van der Waals surface area contributed by atoms with Crippen LogP contribution in [0, 0.1) is 11.6 Å². The highest BCUT2D eigenvalue weighted by Gasteiger charge is 2.02. The number of aliphatic imine (C=N–C) groups is 1. The standard InChI is InChI=1S/C17H27F2N3O2.HI/c1-3-20-17(21-6-4-8-24-10-9-23-2)22-7-5-14-11-15(18)13-16(19)12-14;/h11-13H,3-10H2,1-2H3,(H2,20,21,22);1H. The van der Waals surface area contributed by atoms with Crippen molar-refractivity contribution in [3.05, 3.63) is 35.4 Å². The topological polar surface area (TPSA) is 54.9 Å². The van der Waals surface area contributed by atoms with Crippen LogP contribution in [0.15, 0.2) is 23.2 Å². The smallest absolute Gasteiger partial charge is 0.191 e. The zero-order valence-electron chi connectivity index (χ0n) is 14.8. The highest BCUT2D eigenvalue weighted by Crippen LogP contribution is 2.08. The molecule has 0 radical (unpaired) electrons. The maximum absolute atomic E-state index is 13.1. The number of hydrogen-bond donors (Lipinski definition) is 2. The van der Waals surface area contributed by atoms with Gasteiger partial charge in [-0.2, -0.15) is 0 Å². The Morgan fingerprint density at radius 3 is 2.44 bits per heavy atom. The number of halogens is 3. The van der Waals surface area contributed by atoms with Crippen molar-refractivity contribution < 1.29 is 18.3 Å². The first-order chi connectivity index (χ1) is 11.7. The molecule has 144 valence electrons. The zero-order chi connectivity index (χ0) is 17.6. The third-order valence-corrected chi connectivity index (χ3v) is 3.12. The summed E-state index contributed by atoms with van der Waals surface area (Å²) in [5.41, 5.74) is 0.613. The maximum atomic E-state index is 13.1. The number of ether oxygens (including phenoxy) is 2. The van der Waals surface area contributed by atoms with E-state index in [2.05, 4.69) is 15.6 Å². The molecule has 1 aromatic rings. The van der Waals surface area contributed by atoms with Crippen LogP contribution in [-0.4, -0.2) is 52.5 Å². The van der Waals surface area contributed by atoms with Gasteiger partial charge in [0, 0.05) is 39.4 Å². The fraction of sp³-hybridized carbons (Fsp3) is 0.588. The summed E-state index contributed by atoms with van der Waals surface area (Å²) in [6.45, 7) is 5.71. The van der Waals surface area contributed by atoms with Crippen molar-refractivity contribution in [1.29, 1.82) is 0 Å². The van der Waals surface area contributed by atoms with Crippen LogP contribution >= 0.6 is 24.0 Å². The molecule has 0 amide bonds. The minimum Gasteiger partial charge on any atom is -0.382 e. The summed E-state index contributed by atoms with van der Waals surface area (Å²) in [4.78, 5) is 4.43. The van der Waals surface area contributed by atoms with Gasteiger partial charge < -0.3 is 20.1 Å². The summed E-state index contributed by atoms with van der Waals surface area (Å²) >= 11 is 0. The van der Waals surface area contributed by atoms with Gasteiger partial charge >= 0.3 is 0 Å². The lowest BCUT2D eigenvalue weighted by atomic mass is 10.1. The van der Waals surface area contributed by atoms with Crippen molar-refractivity contribution in [2.75, 3.05) is 46.6 Å². The van der Waals surface area contributed by atoms with Crippen LogP contribution in [0.2, 0.25) is 0 Å². The minimum absolute atomic E-state index is 0. The highest BCUT2D eigenvalue weighted by atomic mass is 127. The molecule has 0 aliphatic carbocycles. The Balaban J connectivity index is 0.00000576. The van der Waals surface area contributed by atoms with Crippen LogP contribution in [0.3, 0.4) is 0 Å². The molecule has 1 aromatic carbocycles. The molecule has 0 aliphatic rings. The normalized spacial score (nSPS) is 11.1. The molecular formula is C17H28F2IN3O2. The van der Waals surface area contributed by atoms with Crippen LogP contribution in [0.1, 0.15) is 18.9 Å². The average molecular weight is 471 g/mol. The van der Waals surface area contributed by atoms with E-state index >= 15 is 0 Å². The van der Waals surface area contributed by atoms with Crippen molar-refractivity contribution in [3.63, 3.8) is 0 Å². The van der Waals surface area contributed by atoms with E-state index < -0.39 is 11.6 Å². The van der Waals surface area contributed by atoms with Gasteiger partial charge in [-0.1, -0.05) is 0 Å². The van der Waals surface area contributed by atoms with Crippen molar-refractivity contribution in [1.82, 2.24) is 10.6 Å². The Hall–Kier alpha value is -1.00. The quantitative estimate of drug-likeness (QED) is 0.226. The molecular weight excluding hydrogens is 443 g/mol. The van der Waals surface area contributed by atoms with E-state index in [4.69, 9.17) is 9.47 Å². The maximum Gasteiger partial charge on any atom is 0.191 e. The molecule has 5 nitrogen and oxygen atoms in total. The summed E-state index contributed by atoms with van der Waals surface area (Å²) in [7, 11) is 1.64. The van der Waals surface area contributed by atoms with Gasteiger partial charge in [0.15, 0.2) is 5.96 Å². The van der Waals surface area contributed by atoms with E-state index in [0.29, 0.717) is 50.9 Å². The average Bonchev–Trinajstić information content (AvgIpc) is 2.53. The van der Waals surface area contributed by atoms with Crippen LogP contribution in [0.25, 0.3) is 0 Å². The van der Waals surface area contributed by atoms with Crippen molar-refractivity contribution >= 4 is 29.9 Å². The summed E-state index contributed by atoms with van der Waals surface area (Å²) in [5, 5.41) is 6.29. The van der Waals surface area contributed by atoms with Crippen LogP contribution in [0.4, 0.5) is 8.78 Å². The Kier molecular flexibility index (Phi) is 14.7. The molecule has 8 heteroatoms. The fourth-order valence-electron chi connectivity index (χ4n) is 2.02. The van der Waals surface area contributed by atoms with Gasteiger partial charge in [-0.05, 0) is 37.5 Å². The second-order valence-corrected chi connectivity index (χ2v) is 5.17. The van der Waals surface area contributed by atoms with Gasteiger partial charge in [-0.3, -0.25) is 4.99 Å². The molecule has 25 heavy (non-hydrogen) atoms. The zero-order valence-corrected chi connectivity index (χ0v) is 17.1. The number of hydrogen-bond acceptors (Lipinski definition) is 3. The van der Waals surface area contributed by atoms with E-state index in [0.717, 1.165) is 19.0 Å². The molecule has 0 bridgehead atoms. The van der Waals surface area contributed by atoms with E-state index in [1.807, 2.05) is 6.92 Å². The first kappa shape index (κ1) is 24.0. The first-order valence-electron chi connectivity index (χ1n) is 8.19. The minimum atomic E-state index is -0.556. The van der Waals surface area contributed by atoms with Crippen LogP contribution in [-0.2, 0) is 15.9 Å². The first-order valence-corrected chi connectivity index (χ1v) is 8.19. The van der Waals surface area contributed by atoms with Gasteiger partial charge in [0.05, 0.1) is 13.2 Å². The van der Waals surface area contributed by atoms with Crippen LogP contribution < -0.4 is 10.6 Å². The van der Waals surface area contributed by atoms with E-state index in [9.17, 15) is 8.78 Å². The molecule has 0 heterocycles. The summed E-state index contributed by atoms with van der Waals surface area (Å²) < 4.78 is 36.5. The molecule has 0 spiro atoms. The SMILES string of the molecule is CCNC(=NCCCOCCOC)NCCc1cc(F)cc(F)c1.I. The lowest BCUT2D eigenvalue weighted by molar-refractivity contribution is 0.0702. The molecule has 0 fully saturated rings. The Labute approximate surface area is 165 Å². The second-order valence-electron chi connectivity index (χ2n) is 5.17. The second kappa shape index (κ2) is 15.3. The lowest BCUT2D eigenvalue weighted by Crippen LogP contribution is -2.38. The summed E-state index contributed by atoms with van der Waals surface area (Å²) in [5.74, 6) is -0.427. The van der Waals surface area contributed by atoms with Crippen molar-refractivity contribution in [2.24, 2.45) is 4.99 Å². The molecule has 2 N–H and O–H groups in total. The van der Waals surface area contributed by atoms with E-state index in [-0.39, 0.29) is 24.0 Å². The van der Waals surface area contributed by atoms with Gasteiger partial charge in [0.25, 0.3) is 0 Å². The summed E-state index contributed by atoms with van der Waals surface area (Å²) in [6.07, 6.45) is 1.33. The van der Waals surface area contributed by atoms with Gasteiger partial charge in [0.2, 0.25) is 0 Å². The predicted molar refractivity (Wildman–Crippen MR) is 107 cm³/mol. The number of methoxy groups -OCH3 is 1. The van der Waals surface area contributed by atoms with Gasteiger partial charge in [-0.15, -0.1) is 24.0 Å². The molecule has 1 rings (SSSR count). The van der Waals surface area contributed by atoms with Crippen molar-refractivity contribution in [3.8, 4) is 0 Å². The third-order valence-electron chi connectivity index (χ3n) is 3.12. The number of nitrogens with zero attached hydrogens (tertiary/aromatic N) is 1. The fourth-order valence-corrected chi connectivity index (χ4v) is 2.02. The van der Waals surface area contributed by atoms with Crippen molar-refractivity contribution in [2.45, 2.75) is 19.8 Å². The molecule has 0 saturated heterocycles. The predicted octanol–water partition coefficient (Wildman–Crippen LogP) is 2.73. The van der Waals surface area contributed by atoms with Gasteiger partial charge in [-0.25, -0.2) is 8.78 Å². The number of nitrogens with one attached hydrogen (secondary N) is 2. The largest absolute Gasteiger partial charge is 0.382 e. The Morgan fingerprint density at radius 2 is 1.80 bits per heavy atom. The summed E-state index contributed by atoms with van der Waals surface area (Å²) in [6, 6.07) is 3.55. The number of guanidine groups is 1. The Morgan fingerprint density at radius 1 is 1.08 bits per heavy atom.